The van der Waals surface area contributed by atoms with Crippen LogP contribution in [0.4, 0.5) is 11.5 Å². The second-order valence-electron chi connectivity index (χ2n) is 13.7. The molecule has 3 aliphatic rings. The van der Waals surface area contributed by atoms with E-state index in [4.69, 9.17) is 9.97 Å². The van der Waals surface area contributed by atoms with E-state index in [1.54, 1.807) is 28.2 Å². The highest BCUT2D eigenvalue weighted by molar-refractivity contribution is 7.14. The first-order chi connectivity index (χ1) is 24.9. The number of anilines is 2. The van der Waals surface area contributed by atoms with Crippen LogP contribution in [-0.4, -0.2) is 86.3 Å². The van der Waals surface area contributed by atoms with Crippen molar-refractivity contribution in [2.75, 3.05) is 50.0 Å². The number of piperidine rings is 3. The molecule has 0 aromatic carbocycles. The fourth-order valence-corrected chi connectivity index (χ4v) is 8.65. The van der Waals surface area contributed by atoms with E-state index in [2.05, 4.69) is 41.8 Å². The third-order valence-corrected chi connectivity index (χ3v) is 11.7. The molecule has 0 aliphatic carbocycles. The second-order valence-corrected chi connectivity index (χ2v) is 14.7. The van der Waals surface area contributed by atoms with Gasteiger partial charge in [0.25, 0.3) is 0 Å². The number of nitrogens with zero attached hydrogens (tertiary/aromatic N) is 9. The van der Waals surface area contributed by atoms with Gasteiger partial charge in [0.15, 0.2) is 5.01 Å². The fourth-order valence-electron chi connectivity index (χ4n) is 7.61. The molecule has 0 radical (unpaired) electrons. The molecule has 5 aromatic rings. The normalized spacial score (nSPS) is 19.3. The van der Waals surface area contributed by atoms with Gasteiger partial charge in [0, 0.05) is 57.1 Å². The van der Waals surface area contributed by atoms with E-state index in [-0.39, 0.29) is 17.7 Å². The molecule has 2 N–H and O–H groups in total. The van der Waals surface area contributed by atoms with Crippen LogP contribution in [0.25, 0.3) is 27.5 Å². The van der Waals surface area contributed by atoms with Crippen LogP contribution >= 0.6 is 11.3 Å². The number of hydrogen-bond donors (Lipinski definition) is 2. The molecule has 0 saturated carbocycles. The maximum atomic E-state index is 12.2. The summed E-state index contributed by atoms with van der Waals surface area (Å²) in [5.74, 6) is 1.31. The lowest BCUT2D eigenvalue weighted by molar-refractivity contribution is -0.134. The van der Waals surface area contributed by atoms with Gasteiger partial charge in [0.2, 0.25) is 11.8 Å². The van der Waals surface area contributed by atoms with E-state index in [1.165, 1.54) is 0 Å². The molecule has 13 nitrogen and oxygen atoms in total. The fraction of sp³-hybridized carbons (Fsp3) is 0.405. The number of fused-ring (bicyclic) bond motifs is 1. The van der Waals surface area contributed by atoms with E-state index >= 15 is 0 Å². The zero-order chi connectivity index (χ0) is 34.9. The Morgan fingerprint density at radius 2 is 1.80 bits per heavy atom. The van der Waals surface area contributed by atoms with Gasteiger partial charge in [-0.25, -0.2) is 9.50 Å². The van der Waals surface area contributed by atoms with Gasteiger partial charge in [0.1, 0.15) is 16.9 Å². The highest BCUT2D eigenvalue weighted by Crippen LogP contribution is 2.37. The number of imide groups is 1. The first kappa shape index (κ1) is 32.9. The summed E-state index contributed by atoms with van der Waals surface area (Å²) < 4.78 is 1.80. The molecular weight excluding hydrogens is 663 g/mol. The van der Waals surface area contributed by atoms with Crippen molar-refractivity contribution in [3.8, 4) is 28.0 Å². The molecule has 14 heteroatoms. The highest BCUT2D eigenvalue weighted by Gasteiger charge is 2.30. The van der Waals surface area contributed by atoms with Gasteiger partial charge in [-0.15, -0.1) is 10.2 Å². The summed E-state index contributed by atoms with van der Waals surface area (Å²) in [5.41, 5.74) is 5.72. The maximum Gasteiger partial charge on any atom is 0.234 e. The Kier molecular flexibility index (Phi) is 9.14. The monoisotopic (exact) mass is 701 g/mol. The van der Waals surface area contributed by atoms with Crippen molar-refractivity contribution in [3.63, 3.8) is 0 Å². The smallest absolute Gasteiger partial charge is 0.234 e. The van der Waals surface area contributed by atoms with Gasteiger partial charge >= 0.3 is 0 Å². The molecule has 3 aliphatic heterocycles. The van der Waals surface area contributed by atoms with Crippen molar-refractivity contribution in [1.82, 2.24) is 40.0 Å². The van der Waals surface area contributed by atoms with Crippen LogP contribution in [0.1, 0.15) is 66.5 Å². The SMILES string of the molecule is CNc1cc(-c2ccc3cc(C#N)cnn23)ncc1-c1nnc(C2CCN(CC3CCN(c4ccc(C5CCC(=O)NC5=O)cn4)CC3)CC2)s1. The molecule has 2 amide bonds. The van der Waals surface area contributed by atoms with Crippen molar-refractivity contribution in [3.05, 3.63) is 71.1 Å². The van der Waals surface area contributed by atoms with Gasteiger partial charge < -0.3 is 15.1 Å². The third-order valence-electron chi connectivity index (χ3n) is 10.5. The van der Waals surface area contributed by atoms with E-state index in [0.29, 0.717) is 30.2 Å². The maximum absolute atomic E-state index is 12.2. The Bertz CT molecular complexity index is 2100. The van der Waals surface area contributed by atoms with Crippen molar-refractivity contribution in [2.45, 2.75) is 50.4 Å². The predicted octanol–water partition coefficient (Wildman–Crippen LogP) is 4.84. The van der Waals surface area contributed by atoms with Gasteiger partial charge in [0.05, 0.1) is 40.1 Å². The molecule has 51 heavy (non-hydrogen) atoms. The Hall–Kier alpha value is -5.26. The predicted molar refractivity (Wildman–Crippen MR) is 194 cm³/mol. The summed E-state index contributed by atoms with van der Waals surface area (Å²) >= 11 is 1.66. The average Bonchev–Trinajstić information content (AvgIpc) is 3.83. The summed E-state index contributed by atoms with van der Waals surface area (Å²) in [6.07, 6.45) is 10.6. The molecule has 0 spiro atoms. The van der Waals surface area contributed by atoms with Crippen molar-refractivity contribution < 1.29 is 9.59 Å². The molecule has 3 fully saturated rings. The zero-order valence-corrected chi connectivity index (χ0v) is 29.3. The van der Waals surface area contributed by atoms with E-state index in [9.17, 15) is 14.9 Å². The van der Waals surface area contributed by atoms with Crippen LogP contribution in [0.3, 0.4) is 0 Å². The summed E-state index contributed by atoms with van der Waals surface area (Å²) in [7, 11) is 1.90. The number of amides is 2. The second kappa shape index (κ2) is 14.2. The number of rotatable bonds is 8. The Labute approximate surface area is 299 Å². The molecule has 5 aromatic heterocycles. The number of likely N-dealkylation sites (tertiary alicyclic amines) is 1. The molecular formula is C37H39N11O2S. The van der Waals surface area contributed by atoms with Crippen molar-refractivity contribution >= 4 is 40.2 Å². The first-order valence-electron chi connectivity index (χ1n) is 17.6. The number of nitriles is 1. The lowest BCUT2D eigenvalue weighted by Gasteiger charge is -2.37. The minimum absolute atomic E-state index is 0.195. The minimum Gasteiger partial charge on any atom is -0.387 e. The van der Waals surface area contributed by atoms with Crippen LogP contribution < -0.4 is 15.5 Å². The highest BCUT2D eigenvalue weighted by atomic mass is 32.1. The lowest BCUT2D eigenvalue weighted by atomic mass is 9.91. The van der Waals surface area contributed by atoms with Gasteiger partial charge in [-0.1, -0.05) is 17.4 Å². The van der Waals surface area contributed by atoms with Crippen LogP contribution in [0.15, 0.2) is 55.0 Å². The molecule has 3 saturated heterocycles. The van der Waals surface area contributed by atoms with Gasteiger partial charge in [-0.05, 0) is 87.0 Å². The van der Waals surface area contributed by atoms with E-state index in [0.717, 1.165) is 108 Å². The number of pyridine rings is 2. The van der Waals surface area contributed by atoms with Crippen LogP contribution in [-0.2, 0) is 9.59 Å². The van der Waals surface area contributed by atoms with E-state index < -0.39 is 0 Å². The standard InChI is InChI=1S/C37H39N11O2S/c1-39-30-17-31(32-5-3-27-16-24(18-38)19-42-48(27)32)40-21-29(30)37-45-44-36(51-37)25-10-12-46(13-11-25)22-23-8-14-47(15-9-23)33-6-2-26(20-41-33)28-4-7-34(49)43-35(28)50/h2-3,5-6,16-17,19-21,23,25,28H,4,7-15,22H2,1H3,(H,39,40)(H,43,49,50). The number of carbonyl (C=O) groups is 2. The number of aromatic nitrogens is 6. The molecule has 260 valence electrons. The molecule has 0 bridgehead atoms. The van der Waals surface area contributed by atoms with Crippen molar-refractivity contribution in [1.29, 1.82) is 5.26 Å². The number of nitrogens with one attached hydrogen (secondary N) is 2. The topological polar surface area (TPSA) is 157 Å². The lowest BCUT2D eigenvalue weighted by Crippen LogP contribution is -2.41. The molecule has 1 unspecified atom stereocenters. The summed E-state index contributed by atoms with van der Waals surface area (Å²) in [5, 5.41) is 30.6. The summed E-state index contributed by atoms with van der Waals surface area (Å²) in [4.78, 5) is 38.2. The summed E-state index contributed by atoms with van der Waals surface area (Å²) in [6.45, 7) is 5.21. The third kappa shape index (κ3) is 6.79. The zero-order valence-electron chi connectivity index (χ0n) is 28.5. The van der Waals surface area contributed by atoms with Crippen LogP contribution in [0.5, 0.6) is 0 Å². The quantitative estimate of drug-likeness (QED) is 0.213. The Morgan fingerprint density at radius 3 is 2.55 bits per heavy atom. The number of carbonyl (C=O) groups excluding carboxylic acids is 2. The Morgan fingerprint density at radius 1 is 0.961 bits per heavy atom. The molecule has 1 atom stereocenters. The van der Waals surface area contributed by atoms with Crippen LogP contribution in [0.2, 0.25) is 0 Å². The van der Waals surface area contributed by atoms with Crippen molar-refractivity contribution in [2.24, 2.45) is 5.92 Å². The number of hydrogen-bond acceptors (Lipinski definition) is 12. The van der Waals surface area contributed by atoms with E-state index in [1.807, 2.05) is 49.6 Å². The van der Waals surface area contributed by atoms with Crippen LogP contribution in [0, 0.1) is 17.2 Å². The Balaban J connectivity index is 0.834. The minimum atomic E-state index is -0.299. The molecule has 8 heterocycles. The van der Waals surface area contributed by atoms with Gasteiger partial charge in [-0.2, -0.15) is 10.4 Å². The summed E-state index contributed by atoms with van der Waals surface area (Å²) in [6, 6.07) is 13.9. The average molecular weight is 702 g/mol. The largest absolute Gasteiger partial charge is 0.387 e. The molecule has 8 rings (SSSR count). The van der Waals surface area contributed by atoms with Gasteiger partial charge in [-0.3, -0.25) is 19.9 Å². The first-order valence-corrected chi connectivity index (χ1v) is 18.4.